The molecule has 2 aromatic rings. The van der Waals surface area contributed by atoms with Crippen molar-refractivity contribution in [2.45, 2.75) is 45.1 Å². The number of hydrogen-bond donors (Lipinski definition) is 2. The van der Waals surface area contributed by atoms with E-state index in [0.29, 0.717) is 0 Å². The van der Waals surface area contributed by atoms with Crippen LogP contribution in [0.1, 0.15) is 49.1 Å². The number of fused-ring (bicyclic) bond motifs is 1. The second-order valence-electron chi connectivity index (χ2n) is 7.06. The number of rotatable bonds is 9. The van der Waals surface area contributed by atoms with E-state index in [2.05, 4.69) is 51.8 Å². The quantitative estimate of drug-likeness (QED) is 0.396. The first kappa shape index (κ1) is 20.3. The fourth-order valence-corrected chi connectivity index (χ4v) is 3.56. The van der Waals surface area contributed by atoms with E-state index >= 15 is 0 Å². The lowest BCUT2D eigenvalue weighted by Crippen LogP contribution is -2.38. The SMILES string of the molecule is CCNC(=NCCCOC1CCCc2ccccc21)NCCc1ccccn1. The lowest BCUT2D eigenvalue weighted by atomic mass is 9.89. The molecule has 1 unspecified atom stereocenters. The fraction of sp³-hybridized carbons (Fsp3) is 0.478. The number of nitrogens with zero attached hydrogens (tertiary/aromatic N) is 2. The van der Waals surface area contributed by atoms with Crippen LogP contribution in [0.15, 0.2) is 53.7 Å². The van der Waals surface area contributed by atoms with E-state index in [1.807, 2.05) is 24.4 Å². The zero-order chi connectivity index (χ0) is 19.4. The number of nitrogens with one attached hydrogen (secondary N) is 2. The first-order chi connectivity index (χ1) is 13.9. The third-order valence-electron chi connectivity index (χ3n) is 4.95. The van der Waals surface area contributed by atoms with Gasteiger partial charge in [-0.15, -0.1) is 0 Å². The molecule has 1 aromatic heterocycles. The van der Waals surface area contributed by atoms with Gasteiger partial charge in [-0.2, -0.15) is 0 Å². The van der Waals surface area contributed by atoms with Gasteiger partial charge in [-0.1, -0.05) is 30.3 Å². The molecule has 1 aromatic carbocycles. The summed E-state index contributed by atoms with van der Waals surface area (Å²) in [5.41, 5.74) is 3.91. The number of guanidine groups is 1. The van der Waals surface area contributed by atoms with Crippen LogP contribution in [0.25, 0.3) is 0 Å². The lowest BCUT2D eigenvalue weighted by Gasteiger charge is -2.25. The van der Waals surface area contributed by atoms with Gasteiger partial charge in [0.2, 0.25) is 0 Å². The standard InChI is InChI=1S/C23H32N4O/c1-2-24-23(27-17-14-20-11-5-6-15-25-20)26-16-8-18-28-22-13-7-10-19-9-3-4-12-21(19)22/h3-6,9,11-12,15,22H,2,7-8,10,13-14,16-18H2,1H3,(H2,24,26,27). The van der Waals surface area contributed by atoms with Crippen molar-refractivity contribution in [3.8, 4) is 0 Å². The van der Waals surface area contributed by atoms with Gasteiger partial charge in [0.15, 0.2) is 5.96 Å². The summed E-state index contributed by atoms with van der Waals surface area (Å²) in [4.78, 5) is 9.02. The molecule has 0 spiro atoms. The van der Waals surface area contributed by atoms with Gasteiger partial charge < -0.3 is 15.4 Å². The minimum atomic E-state index is 0.249. The summed E-state index contributed by atoms with van der Waals surface area (Å²) in [6.07, 6.45) is 7.40. The van der Waals surface area contributed by atoms with Crippen LogP contribution in [0, 0.1) is 0 Å². The molecule has 2 N–H and O–H groups in total. The normalized spacial score (nSPS) is 16.5. The molecule has 5 heteroatoms. The maximum atomic E-state index is 6.17. The summed E-state index contributed by atoms with van der Waals surface area (Å²) >= 11 is 0. The van der Waals surface area contributed by atoms with Gasteiger partial charge in [0.05, 0.1) is 6.10 Å². The molecule has 1 heterocycles. The van der Waals surface area contributed by atoms with E-state index in [1.165, 1.54) is 24.0 Å². The summed E-state index contributed by atoms with van der Waals surface area (Å²) in [7, 11) is 0. The number of aryl methyl sites for hydroxylation is 1. The van der Waals surface area contributed by atoms with Crippen molar-refractivity contribution in [1.82, 2.24) is 15.6 Å². The molecule has 1 aliphatic rings. The van der Waals surface area contributed by atoms with Crippen LogP contribution in [0.3, 0.4) is 0 Å². The van der Waals surface area contributed by atoms with Crippen LogP contribution in [0.2, 0.25) is 0 Å². The molecule has 150 valence electrons. The first-order valence-corrected chi connectivity index (χ1v) is 10.5. The second kappa shape index (κ2) is 11.4. The molecule has 3 rings (SSSR count). The third kappa shape index (κ3) is 6.34. The lowest BCUT2D eigenvalue weighted by molar-refractivity contribution is 0.0403. The molecule has 28 heavy (non-hydrogen) atoms. The van der Waals surface area contributed by atoms with Crippen molar-refractivity contribution in [2.24, 2.45) is 4.99 Å². The van der Waals surface area contributed by atoms with Crippen LogP contribution in [-0.4, -0.2) is 37.2 Å². The summed E-state index contributed by atoms with van der Waals surface area (Å²) in [5, 5.41) is 6.68. The van der Waals surface area contributed by atoms with Gasteiger partial charge in [0.25, 0.3) is 0 Å². The zero-order valence-electron chi connectivity index (χ0n) is 16.9. The zero-order valence-corrected chi connectivity index (χ0v) is 16.9. The van der Waals surface area contributed by atoms with Gasteiger partial charge in [-0.3, -0.25) is 9.98 Å². The largest absolute Gasteiger partial charge is 0.373 e. The fourth-order valence-electron chi connectivity index (χ4n) is 3.56. The number of aromatic nitrogens is 1. The van der Waals surface area contributed by atoms with Crippen molar-refractivity contribution in [1.29, 1.82) is 0 Å². The van der Waals surface area contributed by atoms with Crippen molar-refractivity contribution < 1.29 is 4.74 Å². The van der Waals surface area contributed by atoms with E-state index in [1.54, 1.807) is 0 Å². The molecular formula is C23H32N4O. The highest BCUT2D eigenvalue weighted by molar-refractivity contribution is 5.79. The van der Waals surface area contributed by atoms with E-state index in [9.17, 15) is 0 Å². The Morgan fingerprint density at radius 2 is 2.07 bits per heavy atom. The predicted octanol–water partition coefficient (Wildman–Crippen LogP) is 3.66. The molecule has 5 nitrogen and oxygen atoms in total. The van der Waals surface area contributed by atoms with E-state index in [4.69, 9.17) is 4.74 Å². The molecule has 0 bridgehead atoms. The van der Waals surface area contributed by atoms with Crippen LogP contribution in [0.5, 0.6) is 0 Å². The van der Waals surface area contributed by atoms with Crippen molar-refractivity contribution in [3.05, 3.63) is 65.5 Å². The van der Waals surface area contributed by atoms with Crippen LogP contribution < -0.4 is 10.6 Å². The Labute approximate surface area is 168 Å². The molecule has 1 atom stereocenters. The highest BCUT2D eigenvalue weighted by Gasteiger charge is 2.19. The minimum absolute atomic E-state index is 0.249. The van der Waals surface area contributed by atoms with Gasteiger partial charge in [-0.05, 0) is 55.9 Å². The van der Waals surface area contributed by atoms with Crippen LogP contribution >= 0.6 is 0 Å². The summed E-state index contributed by atoms with van der Waals surface area (Å²) in [6, 6.07) is 14.7. The Balaban J connectivity index is 1.38. The van der Waals surface area contributed by atoms with Crippen LogP contribution in [-0.2, 0) is 17.6 Å². The Morgan fingerprint density at radius 3 is 2.93 bits per heavy atom. The number of hydrogen-bond acceptors (Lipinski definition) is 3. The van der Waals surface area contributed by atoms with Gasteiger partial charge in [0, 0.05) is 44.6 Å². The first-order valence-electron chi connectivity index (χ1n) is 10.5. The highest BCUT2D eigenvalue weighted by atomic mass is 16.5. The monoisotopic (exact) mass is 380 g/mol. The number of ether oxygens (including phenoxy) is 1. The van der Waals surface area contributed by atoms with E-state index in [0.717, 1.165) is 57.2 Å². The minimum Gasteiger partial charge on any atom is -0.373 e. The third-order valence-corrected chi connectivity index (χ3v) is 4.95. The average molecular weight is 381 g/mol. The number of pyridine rings is 1. The van der Waals surface area contributed by atoms with E-state index in [-0.39, 0.29) is 6.10 Å². The molecule has 1 aliphatic carbocycles. The molecule has 0 radical (unpaired) electrons. The summed E-state index contributed by atoms with van der Waals surface area (Å²) in [6.45, 7) is 5.26. The van der Waals surface area contributed by atoms with Gasteiger partial charge >= 0.3 is 0 Å². The Hall–Kier alpha value is -2.40. The molecule has 0 saturated heterocycles. The van der Waals surface area contributed by atoms with Gasteiger partial charge in [-0.25, -0.2) is 0 Å². The maximum Gasteiger partial charge on any atom is 0.191 e. The van der Waals surface area contributed by atoms with E-state index < -0.39 is 0 Å². The van der Waals surface area contributed by atoms with Crippen LogP contribution in [0.4, 0.5) is 0 Å². The molecule has 0 amide bonds. The van der Waals surface area contributed by atoms with Gasteiger partial charge in [0.1, 0.15) is 0 Å². The number of benzene rings is 1. The summed E-state index contributed by atoms with van der Waals surface area (Å²) < 4.78 is 6.17. The smallest absolute Gasteiger partial charge is 0.191 e. The molecular weight excluding hydrogens is 348 g/mol. The summed E-state index contributed by atoms with van der Waals surface area (Å²) in [5.74, 6) is 0.862. The highest BCUT2D eigenvalue weighted by Crippen LogP contribution is 2.32. The maximum absolute atomic E-state index is 6.17. The van der Waals surface area contributed by atoms with Crippen molar-refractivity contribution in [2.75, 3.05) is 26.2 Å². The molecule has 0 fully saturated rings. The molecule has 0 aliphatic heterocycles. The Kier molecular flexibility index (Phi) is 8.31. The average Bonchev–Trinajstić information content (AvgIpc) is 2.74. The molecule has 0 saturated carbocycles. The number of aliphatic imine (C=N–C) groups is 1. The van der Waals surface area contributed by atoms with Crippen molar-refractivity contribution in [3.63, 3.8) is 0 Å². The topological polar surface area (TPSA) is 58.5 Å². The van der Waals surface area contributed by atoms with Crippen molar-refractivity contribution >= 4 is 5.96 Å². The predicted molar refractivity (Wildman–Crippen MR) is 115 cm³/mol. The second-order valence-corrected chi connectivity index (χ2v) is 7.06. The Bertz CT molecular complexity index is 732. The Morgan fingerprint density at radius 1 is 1.18 bits per heavy atom.